The molecule has 0 bridgehead atoms. The number of ketones is 1. The second-order valence-electron chi connectivity index (χ2n) is 4.66. The van der Waals surface area contributed by atoms with Gasteiger partial charge in [-0.25, -0.2) is 0 Å². The van der Waals surface area contributed by atoms with Crippen LogP contribution in [0.3, 0.4) is 0 Å². The summed E-state index contributed by atoms with van der Waals surface area (Å²) in [7, 11) is 1.63. The molecule has 0 saturated carbocycles. The van der Waals surface area contributed by atoms with E-state index in [1.54, 1.807) is 7.11 Å². The van der Waals surface area contributed by atoms with Crippen LogP contribution in [-0.2, 0) is 17.6 Å². The smallest absolute Gasteiger partial charge is 0.137 e. The molecule has 2 rings (SSSR count). The summed E-state index contributed by atoms with van der Waals surface area (Å²) in [6, 6.07) is 15.8. The van der Waals surface area contributed by atoms with Gasteiger partial charge in [0.1, 0.15) is 11.5 Å². The number of Topliss-reactive ketones (excluding diaryl/α,β-unsaturated/α-hetero) is 1. The summed E-state index contributed by atoms with van der Waals surface area (Å²) in [5, 5.41) is 0. The zero-order chi connectivity index (χ0) is 14.4. The fourth-order valence-corrected chi connectivity index (χ4v) is 2.52. The van der Waals surface area contributed by atoms with Crippen LogP contribution in [0.15, 0.2) is 53.0 Å². The molecule has 20 heavy (non-hydrogen) atoms. The highest BCUT2D eigenvalue weighted by molar-refractivity contribution is 9.10. The summed E-state index contributed by atoms with van der Waals surface area (Å²) >= 11 is 3.42. The second-order valence-corrected chi connectivity index (χ2v) is 5.57. The molecule has 104 valence electrons. The summed E-state index contributed by atoms with van der Waals surface area (Å²) in [5.74, 6) is 0.992. The van der Waals surface area contributed by atoms with Crippen molar-refractivity contribution in [2.45, 2.75) is 19.3 Å². The van der Waals surface area contributed by atoms with E-state index in [1.807, 2.05) is 48.5 Å². The van der Waals surface area contributed by atoms with E-state index < -0.39 is 0 Å². The molecule has 0 N–H and O–H groups in total. The maximum Gasteiger partial charge on any atom is 0.137 e. The zero-order valence-electron chi connectivity index (χ0n) is 11.4. The first-order valence-corrected chi connectivity index (χ1v) is 7.36. The molecule has 0 aliphatic rings. The van der Waals surface area contributed by atoms with Crippen LogP contribution in [0.25, 0.3) is 0 Å². The number of carbonyl (C=O) groups excluding carboxylic acids is 1. The van der Waals surface area contributed by atoms with E-state index in [4.69, 9.17) is 4.74 Å². The maximum atomic E-state index is 12.1. The van der Waals surface area contributed by atoms with Gasteiger partial charge in [0.25, 0.3) is 0 Å². The minimum Gasteiger partial charge on any atom is -0.496 e. The SMILES string of the molecule is COc1ccc(Br)cc1CC(=O)CCc1ccccc1. The third-order valence-corrected chi connectivity index (χ3v) is 3.66. The minimum absolute atomic E-state index is 0.227. The normalized spacial score (nSPS) is 10.3. The lowest BCUT2D eigenvalue weighted by molar-refractivity contribution is -0.118. The monoisotopic (exact) mass is 332 g/mol. The van der Waals surface area contributed by atoms with Crippen LogP contribution in [0.4, 0.5) is 0 Å². The molecule has 0 radical (unpaired) electrons. The fraction of sp³-hybridized carbons (Fsp3) is 0.235. The van der Waals surface area contributed by atoms with Gasteiger partial charge in [-0.1, -0.05) is 46.3 Å². The molecule has 0 spiro atoms. The van der Waals surface area contributed by atoms with Crippen LogP contribution in [-0.4, -0.2) is 12.9 Å². The summed E-state index contributed by atoms with van der Waals surface area (Å²) in [4.78, 5) is 12.1. The van der Waals surface area contributed by atoms with Gasteiger partial charge in [0.05, 0.1) is 7.11 Å². The number of carbonyl (C=O) groups is 1. The third-order valence-electron chi connectivity index (χ3n) is 3.17. The summed E-state index contributed by atoms with van der Waals surface area (Å²) < 4.78 is 6.25. The number of hydrogen-bond donors (Lipinski definition) is 0. The third kappa shape index (κ3) is 4.20. The van der Waals surface area contributed by atoms with Gasteiger partial charge in [0.15, 0.2) is 0 Å². The Bertz CT molecular complexity index is 579. The zero-order valence-corrected chi connectivity index (χ0v) is 13.0. The van der Waals surface area contributed by atoms with Crippen molar-refractivity contribution < 1.29 is 9.53 Å². The van der Waals surface area contributed by atoms with Gasteiger partial charge in [0, 0.05) is 22.9 Å². The van der Waals surface area contributed by atoms with Crippen LogP contribution in [0.2, 0.25) is 0 Å². The molecular formula is C17H17BrO2. The second kappa shape index (κ2) is 7.25. The van der Waals surface area contributed by atoms with E-state index >= 15 is 0 Å². The number of aryl methyl sites for hydroxylation is 1. The predicted molar refractivity (Wildman–Crippen MR) is 84.2 cm³/mol. The Morgan fingerprint density at radius 3 is 2.60 bits per heavy atom. The van der Waals surface area contributed by atoms with E-state index in [0.717, 1.165) is 22.2 Å². The van der Waals surface area contributed by atoms with Crippen molar-refractivity contribution in [1.29, 1.82) is 0 Å². The molecule has 0 fully saturated rings. The standard InChI is InChI=1S/C17H17BrO2/c1-20-17-10-8-15(18)11-14(17)12-16(19)9-7-13-5-3-2-4-6-13/h2-6,8,10-11H,7,9,12H2,1H3. The van der Waals surface area contributed by atoms with Gasteiger partial charge in [0.2, 0.25) is 0 Å². The Kier molecular flexibility index (Phi) is 5.36. The van der Waals surface area contributed by atoms with E-state index in [0.29, 0.717) is 12.8 Å². The van der Waals surface area contributed by atoms with Crippen LogP contribution >= 0.6 is 15.9 Å². The van der Waals surface area contributed by atoms with E-state index in [9.17, 15) is 4.79 Å². The molecule has 0 amide bonds. The highest BCUT2D eigenvalue weighted by Crippen LogP contribution is 2.24. The Balaban J connectivity index is 1.96. The lowest BCUT2D eigenvalue weighted by Gasteiger charge is -2.08. The highest BCUT2D eigenvalue weighted by atomic mass is 79.9. The molecule has 0 aliphatic carbocycles. The van der Waals surface area contributed by atoms with Gasteiger partial charge in [-0.15, -0.1) is 0 Å². The lowest BCUT2D eigenvalue weighted by atomic mass is 10.0. The Labute approximate surface area is 127 Å². The molecule has 3 heteroatoms. The van der Waals surface area contributed by atoms with E-state index in [2.05, 4.69) is 15.9 Å². The number of benzene rings is 2. The van der Waals surface area contributed by atoms with Gasteiger partial charge in [-0.05, 0) is 30.2 Å². The first kappa shape index (κ1) is 14.8. The molecule has 0 aliphatic heterocycles. The molecule has 0 aromatic heterocycles. The fourth-order valence-electron chi connectivity index (χ4n) is 2.11. The molecule has 2 nitrogen and oxygen atoms in total. The average Bonchev–Trinajstić information content (AvgIpc) is 2.46. The van der Waals surface area contributed by atoms with Gasteiger partial charge in [-0.3, -0.25) is 4.79 Å². The Morgan fingerprint density at radius 1 is 1.15 bits per heavy atom. The first-order chi connectivity index (χ1) is 9.69. The minimum atomic E-state index is 0.227. The van der Waals surface area contributed by atoms with Crippen molar-refractivity contribution in [3.63, 3.8) is 0 Å². The van der Waals surface area contributed by atoms with E-state index in [1.165, 1.54) is 5.56 Å². The molecular weight excluding hydrogens is 316 g/mol. The molecule has 0 heterocycles. The molecule has 0 unspecified atom stereocenters. The number of halogens is 1. The summed E-state index contributed by atoms with van der Waals surface area (Å²) in [6.07, 6.45) is 1.76. The van der Waals surface area contributed by atoms with Crippen LogP contribution in [0.1, 0.15) is 17.5 Å². The first-order valence-electron chi connectivity index (χ1n) is 6.57. The number of rotatable bonds is 6. The maximum absolute atomic E-state index is 12.1. The van der Waals surface area contributed by atoms with Crippen molar-refractivity contribution in [2.24, 2.45) is 0 Å². The number of methoxy groups -OCH3 is 1. The largest absolute Gasteiger partial charge is 0.496 e. The van der Waals surface area contributed by atoms with Crippen molar-refractivity contribution in [2.75, 3.05) is 7.11 Å². The van der Waals surface area contributed by atoms with Crippen molar-refractivity contribution in [1.82, 2.24) is 0 Å². The number of ether oxygens (including phenoxy) is 1. The summed E-state index contributed by atoms with van der Waals surface area (Å²) in [6.45, 7) is 0. The Hall–Kier alpha value is -1.61. The average molecular weight is 333 g/mol. The molecule has 2 aromatic carbocycles. The molecule has 2 aromatic rings. The Morgan fingerprint density at radius 2 is 1.90 bits per heavy atom. The van der Waals surface area contributed by atoms with Crippen molar-refractivity contribution in [3.05, 3.63) is 64.1 Å². The summed E-state index contributed by atoms with van der Waals surface area (Å²) in [5.41, 5.74) is 2.13. The van der Waals surface area contributed by atoms with Gasteiger partial charge in [-0.2, -0.15) is 0 Å². The topological polar surface area (TPSA) is 26.3 Å². The quantitative estimate of drug-likeness (QED) is 0.792. The molecule has 0 saturated heterocycles. The van der Waals surface area contributed by atoms with Crippen LogP contribution < -0.4 is 4.74 Å². The highest BCUT2D eigenvalue weighted by Gasteiger charge is 2.09. The van der Waals surface area contributed by atoms with E-state index in [-0.39, 0.29) is 5.78 Å². The lowest BCUT2D eigenvalue weighted by Crippen LogP contribution is -2.05. The predicted octanol–water partition coefficient (Wildman–Crippen LogP) is 4.20. The van der Waals surface area contributed by atoms with Gasteiger partial charge >= 0.3 is 0 Å². The number of hydrogen-bond acceptors (Lipinski definition) is 2. The van der Waals surface area contributed by atoms with Gasteiger partial charge < -0.3 is 4.74 Å². The van der Waals surface area contributed by atoms with Crippen LogP contribution in [0.5, 0.6) is 5.75 Å². The van der Waals surface area contributed by atoms with Crippen molar-refractivity contribution >= 4 is 21.7 Å². The van der Waals surface area contributed by atoms with Crippen molar-refractivity contribution in [3.8, 4) is 5.75 Å². The molecule has 0 atom stereocenters. The van der Waals surface area contributed by atoms with Crippen LogP contribution in [0, 0.1) is 0 Å².